The van der Waals surface area contributed by atoms with Crippen LogP contribution in [-0.2, 0) is 22.9 Å². The summed E-state index contributed by atoms with van der Waals surface area (Å²) >= 11 is 1.63. The molecule has 1 aromatic carbocycles. The molecule has 1 aliphatic carbocycles. The third-order valence-corrected chi connectivity index (χ3v) is 9.07. The van der Waals surface area contributed by atoms with Crippen LogP contribution in [0, 0.1) is 6.92 Å². The molecule has 1 saturated heterocycles. The van der Waals surface area contributed by atoms with Crippen LogP contribution in [0.2, 0.25) is 0 Å². The van der Waals surface area contributed by atoms with Crippen LogP contribution in [0.25, 0.3) is 0 Å². The molecular weight excluding hydrogens is 404 g/mol. The highest BCUT2D eigenvalue weighted by Gasteiger charge is 2.30. The van der Waals surface area contributed by atoms with E-state index in [0.29, 0.717) is 30.8 Å². The molecule has 1 aliphatic heterocycles. The lowest BCUT2D eigenvalue weighted by Gasteiger charge is -2.31. The molecule has 0 unspecified atom stereocenters. The van der Waals surface area contributed by atoms with Crippen LogP contribution < -0.4 is 5.32 Å². The lowest BCUT2D eigenvalue weighted by molar-refractivity contribution is 0.0928. The van der Waals surface area contributed by atoms with Crippen molar-refractivity contribution in [3.8, 4) is 0 Å². The van der Waals surface area contributed by atoms with E-state index in [1.165, 1.54) is 34.0 Å². The highest BCUT2D eigenvalue weighted by molar-refractivity contribution is 7.89. The van der Waals surface area contributed by atoms with Gasteiger partial charge in [-0.15, -0.1) is 11.3 Å². The molecule has 0 radical (unpaired) electrons. The van der Waals surface area contributed by atoms with Crippen LogP contribution in [0.15, 0.2) is 35.2 Å². The third-order valence-electron chi connectivity index (χ3n) is 5.92. The number of benzene rings is 1. The summed E-state index contributed by atoms with van der Waals surface area (Å²) in [6, 6.07) is 9.06. The molecule has 156 valence electrons. The number of thiophene rings is 1. The summed E-state index contributed by atoms with van der Waals surface area (Å²) in [5.74, 6) is -0.0112. The largest absolute Gasteiger partial charge is 0.349 e. The molecular formula is C22H28N2O3S2. The van der Waals surface area contributed by atoms with Gasteiger partial charge >= 0.3 is 0 Å². The van der Waals surface area contributed by atoms with Gasteiger partial charge in [-0.2, -0.15) is 4.31 Å². The summed E-state index contributed by atoms with van der Waals surface area (Å²) in [6.07, 6.45) is 7.13. The van der Waals surface area contributed by atoms with E-state index in [2.05, 4.69) is 11.4 Å². The van der Waals surface area contributed by atoms with Crippen LogP contribution in [0.3, 0.4) is 0 Å². The van der Waals surface area contributed by atoms with Crippen molar-refractivity contribution < 1.29 is 13.2 Å². The van der Waals surface area contributed by atoms with Gasteiger partial charge in [0, 0.05) is 24.0 Å². The first-order valence-corrected chi connectivity index (χ1v) is 12.7. The molecule has 1 N–H and O–H groups in total. The number of aryl methyl sites for hydroxylation is 3. The van der Waals surface area contributed by atoms with Gasteiger partial charge in [0.15, 0.2) is 0 Å². The third kappa shape index (κ3) is 4.57. The highest BCUT2D eigenvalue weighted by Crippen LogP contribution is 2.29. The molecule has 0 saturated carbocycles. The first-order chi connectivity index (χ1) is 13.9. The number of hydrogen-bond acceptors (Lipinski definition) is 4. The number of sulfonamides is 1. The van der Waals surface area contributed by atoms with Gasteiger partial charge in [0.05, 0.1) is 9.77 Å². The molecule has 1 fully saturated rings. The molecule has 7 heteroatoms. The van der Waals surface area contributed by atoms with Gasteiger partial charge in [-0.05, 0) is 69.2 Å². The van der Waals surface area contributed by atoms with Gasteiger partial charge < -0.3 is 5.32 Å². The van der Waals surface area contributed by atoms with Gasteiger partial charge in [0.2, 0.25) is 10.0 Å². The van der Waals surface area contributed by atoms with Crippen LogP contribution in [0.4, 0.5) is 0 Å². The molecule has 0 spiro atoms. The minimum atomic E-state index is -3.47. The second-order valence-corrected chi connectivity index (χ2v) is 11.2. The monoisotopic (exact) mass is 432 g/mol. The number of amides is 1. The average Bonchev–Trinajstić information content (AvgIpc) is 2.99. The quantitative estimate of drug-likeness (QED) is 0.745. The summed E-state index contributed by atoms with van der Waals surface area (Å²) in [6.45, 7) is 2.81. The van der Waals surface area contributed by atoms with Gasteiger partial charge in [0.25, 0.3) is 5.91 Å². The fourth-order valence-electron chi connectivity index (χ4n) is 4.14. The SMILES string of the molecule is Cc1ccc(S(=O)(=O)N2CCC(NC(=O)c3cc4c(s3)CCCCC4)CC2)cc1. The van der Waals surface area contributed by atoms with Crippen molar-refractivity contribution in [2.24, 2.45) is 0 Å². The molecule has 0 bridgehead atoms. The number of rotatable bonds is 4. The van der Waals surface area contributed by atoms with Crippen molar-refractivity contribution in [2.75, 3.05) is 13.1 Å². The Morgan fingerprint density at radius 3 is 2.48 bits per heavy atom. The Kier molecular flexibility index (Phi) is 6.08. The predicted octanol–water partition coefficient (Wildman–Crippen LogP) is 3.91. The fourth-order valence-corrected chi connectivity index (χ4v) is 6.76. The minimum absolute atomic E-state index is 0.0112. The Morgan fingerprint density at radius 1 is 1.07 bits per heavy atom. The van der Waals surface area contributed by atoms with Crippen LogP contribution in [0.1, 0.15) is 57.8 Å². The van der Waals surface area contributed by atoms with Gasteiger partial charge in [-0.1, -0.05) is 24.1 Å². The molecule has 2 aromatic rings. The van der Waals surface area contributed by atoms with Crippen molar-refractivity contribution in [1.29, 1.82) is 0 Å². The number of nitrogens with one attached hydrogen (secondary N) is 1. The number of fused-ring (bicyclic) bond motifs is 1. The minimum Gasteiger partial charge on any atom is -0.349 e. The topological polar surface area (TPSA) is 66.5 Å². The summed E-state index contributed by atoms with van der Waals surface area (Å²) < 4.78 is 27.2. The lowest BCUT2D eigenvalue weighted by atomic mass is 10.1. The van der Waals surface area contributed by atoms with Crippen LogP contribution in [-0.4, -0.2) is 37.8 Å². The fraction of sp³-hybridized carbons (Fsp3) is 0.500. The van der Waals surface area contributed by atoms with Crippen molar-refractivity contribution >= 4 is 27.3 Å². The van der Waals surface area contributed by atoms with Crippen molar-refractivity contribution in [3.63, 3.8) is 0 Å². The maximum absolute atomic E-state index is 12.8. The molecule has 4 rings (SSSR count). The smallest absolute Gasteiger partial charge is 0.261 e. The number of nitrogens with zero attached hydrogens (tertiary/aromatic N) is 1. The Morgan fingerprint density at radius 2 is 1.76 bits per heavy atom. The Labute approximate surface area is 177 Å². The maximum atomic E-state index is 12.8. The van der Waals surface area contributed by atoms with Gasteiger partial charge in [0.1, 0.15) is 0 Å². The summed E-state index contributed by atoms with van der Waals surface area (Å²) in [4.78, 5) is 15.2. The maximum Gasteiger partial charge on any atom is 0.261 e. The molecule has 0 atom stereocenters. The first kappa shape index (κ1) is 20.6. The van der Waals surface area contributed by atoms with Crippen LogP contribution >= 0.6 is 11.3 Å². The highest BCUT2D eigenvalue weighted by atomic mass is 32.2. The van der Waals surface area contributed by atoms with Crippen molar-refractivity contribution in [1.82, 2.24) is 9.62 Å². The molecule has 2 heterocycles. The number of carbonyl (C=O) groups excluding carboxylic acids is 1. The summed E-state index contributed by atoms with van der Waals surface area (Å²) in [7, 11) is -3.47. The summed E-state index contributed by atoms with van der Waals surface area (Å²) in [5.41, 5.74) is 2.38. The van der Waals surface area contributed by atoms with Gasteiger partial charge in [-0.25, -0.2) is 8.42 Å². The first-order valence-electron chi connectivity index (χ1n) is 10.4. The van der Waals surface area contributed by atoms with E-state index in [1.807, 2.05) is 19.1 Å². The normalized spacial score (nSPS) is 18.8. The van der Waals surface area contributed by atoms with E-state index in [9.17, 15) is 13.2 Å². The molecule has 1 aromatic heterocycles. The second kappa shape index (κ2) is 8.58. The van der Waals surface area contributed by atoms with E-state index in [1.54, 1.807) is 23.5 Å². The molecule has 29 heavy (non-hydrogen) atoms. The van der Waals surface area contributed by atoms with Gasteiger partial charge in [-0.3, -0.25) is 4.79 Å². The summed E-state index contributed by atoms with van der Waals surface area (Å²) in [5, 5.41) is 3.13. The Balaban J connectivity index is 1.35. The number of hydrogen-bond donors (Lipinski definition) is 1. The zero-order valence-corrected chi connectivity index (χ0v) is 18.4. The average molecular weight is 433 g/mol. The van der Waals surface area contributed by atoms with Crippen molar-refractivity contribution in [3.05, 3.63) is 51.2 Å². The lowest BCUT2D eigenvalue weighted by Crippen LogP contribution is -2.46. The Bertz CT molecular complexity index is 948. The van der Waals surface area contributed by atoms with E-state index in [-0.39, 0.29) is 11.9 Å². The van der Waals surface area contributed by atoms with Crippen LogP contribution in [0.5, 0.6) is 0 Å². The van der Waals surface area contributed by atoms with E-state index < -0.39 is 10.0 Å². The van der Waals surface area contributed by atoms with E-state index >= 15 is 0 Å². The van der Waals surface area contributed by atoms with E-state index in [4.69, 9.17) is 0 Å². The second-order valence-electron chi connectivity index (χ2n) is 8.08. The molecule has 5 nitrogen and oxygen atoms in total. The molecule has 1 amide bonds. The zero-order chi connectivity index (χ0) is 20.4. The standard InChI is InChI=1S/C22H28N2O3S2/c1-16-7-9-19(10-8-16)29(26,27)24-13-11-18(12-14-24)23-22(25)21-15-17-5-3-2-4-6-20(17)28-21/h7-10,15,18H,2-6,11-14H2,1H3,(H,23,25). The number of carbonyl (C=O) groups is 1. The predicted molar refractivity (Wildman–Crippen MR) is 116 cm³/mol. The van der Waals surface area contributed by atoms with E-state index in [0.717, 1.165) is 23.3 Å². The zero-order valence-electron chi connectivity index (χ0n) is 16.8. The van der Waals surface area contributed by atoms with Crippen molar-refractivity contribution in [2.45, 2.75) is 62.8 Å². The molecule has 2 aliphatic rings. The number of piperidine rings is 1. The Hall–Kier alpha value is -1.70.